The van der Waals surface area contributed by atoms with Gasteiger partial charge in [-0.15, -0.1) is 0 Å². The van der Waals surface area contributed by atoms with Crippen LogP contribution in [0.5, 0.6) is 0 Å². The van der Waals surface area contributed by atoms with Crippen molar-refractivity contribution >= 4 is 21.7 Å². The Balaban J connectivity index is 1.75. The molecule has 1 fully saturated rings. The topological polar surface area (TPSA) is 85.8 Å². The lowest BCUT2D eigenvalue weighted by Gasteiger charge is -2.21. The number of guanidine groups is 1. The van der Waals surface area contributed by atoms with Crippen LogP contribution >= 0.6 is 0 Å². The lowest BCUT2D eigenvalue weighted by atomic mass is 10.2. The second-order valence-electron chi connectivity index (χ2n) is 6.32. The van der Waals surface area contributed by atoms with E-state index in [1.165, 1.54) is 12.1 Å². The van der Waals surface area contributed by atoms with Crippen LogP contribution in [0.1, 0.15) is 19.8 Å². The van der Waals surface area contributed by atoms with Crippen molar-refractivity contribution in [2.24, 2.45) is 4.99 Å². The van der Waals surface area contributed by atoms with Crippen LogP contribution in [0.15, 0.2) is 23.2 Å². The van der Waals surface area contributed by atoms with Gasteiger partial charge in [-0.2, -0.15) is 0 Å². The highest BCUT2D eigenvalue weighted by Crippen LogP contribution is 2.24. The Morgan fingerprint density at radius 2 is 2.11 bits per heavy atom. The molecule has 0 aliphatic carbocycles. The summed E-state index contributed by atoms with van der Waals surface area (Å²) in [5.74, 6) is -0.473. The molecule has 7 nitrogen and oxygen atoms in total. The maximum atomic E-state index is 13.9. The van der Waals surface area contributed by atoms with Crippen molar-refractivity contribution < 1.29 is 17.2 Å². The quantitative estimate of drug-likeness (QED) is 0.343. The minimum Gasteiger partial charge on any atom is -0.367 e. The molecule has 0 saturated carbocycles. The van der Waals surface area contributed by atoms with E-state index in [4.69, 9.17) is 0 Å². The van der Waals surface area contributed by atoms with Crippen LogP contribution in [0, 0.1) is 11.6 Å². The molecule has 1 saturated heterocycles. The van der Waals surface area contributed by atoms with Crippen LogP contribution in [0.2, 0.25) is 0 Å². The maximum absolute atomic E-state index is 13.9. The van der Waals surface area contributed by atoms with Gasteiger partial charge in [0.2, 0.25) is 10.0 Å². The highest BCUT2D eigenvalue weighted by atomic mass is 32.2. The zero-order chi connectivity index (χ0) is 19.9. The van der Waals surface area contributed by atoms with Gasteiger partial charge in [-0.25, -0.2) is 21.9 Å². The van der Waals surface area contributed by atoms with Crippen molar-refractivity contribution in [3.05, 3.63) is 29.8 Å². The molecule has 152 valence electrons. The zero-order valence-corrected chi connectivity index (χ0v) is 16.5. The van der Waals surface area contributed by atoms with Crippen LogP contribution in [0.25, 0.3) is 0 Å². The van der Waals surface area contributed by atoms with Crippen LogP contribution in [0.3, 0.4) is 0 Å². The monoisotopic (exact) mass is 403 g/mol. The van der Waals surface area contributed by atoms with Crippen LogP contribution < -0.4 is 20.3 Å². The molecule has 0 spiro atoms. The molecular formula is C17H27F2N5O2S. The van der Waals surface area contributed by atoms with Crippen molar-refractivity contribution in [1.82, 2.24) is 15.4 Å². The van der Waals surface area contributed by atoms with E-state index in [0.717, 1.165) is 12.5 Å². The smallest absolute Gasteiger partial charge is 0.211 e. The molecule has 10 heteroatoms. The summed E-state index contributed by atoms with van der Waals surface area (Å²) in [7, 11) is -1.51. The first-order valence-corrected chi connectivity index (χ1v) is 10.6. The van der Waals surface area contributed by atoms with E-state index in [2.05, 4.69) is 20.3 Å². The molecule has 2 rings (SSSR count). The molecule has 0 bridgehead atoms. The van der Waals surface area contributed by atoms with E-state index >= 15 is 0 Å². The van der Waals surface area contributed by atoms with E-state index in [1.807, 2.05) is 4.90 Å². The van der Waals surface area contributed by atoms with Crippen molar-refractivity contribution in [3.63, 3.8) is 0 Å². The second-order valence-corrected chi connectivity index (χ2v) is 8.42. The third-order valence-corrected chi connectivity index (χ3v) is 5.76. The lowest BCUT2D eigenvalue weighted by molar-refractivity contribution is 0.579. The molecular weight excluding hydrogens is 376 g/mol. The zero-order valence-electron chi connectivity index (χ0n) is 15.6. The van der Waals surface area contributed by atoms with Crippen molar-refractivity contribution in [1.29, 1.82) is 0 Å². The lowest BCUT2D eigenvalue weighted by Crippen LogP contribution is -2.45. The van der Waals surface area contributed by atoms with Crippen molar-refractivity contribution in [2.75, 3.05) is 43.9 Å². The number of rotatable bonds is 8. The fourth-order valence-electron chi connectivity index (χ4n) is 2.85. The van der Waals surface area contributed by atoms with Gasteiger partial charge in [0.25, 0.3) is 0 Å². The molecule has 3 N–H and O–H groups in total. The highest BCUT2D eigenvalue weighted by Gasteiger charge is 2.25. The van der Waals surface area contributed by atoms with E-state index in [9.17, 15) is 17.2 Å². The van der Waals surface area contributed by atoms with Gasteiger partial charge in [-0.3, -0.25) is 4.99 Å². The number of halogens is 2. The van der Waals surface area contributed by atoms with Crippen LogP contribution in [0.4, 0.5) is 14.5 Å². The summed E-state index contributed by atoms with van der Waals surface area (Å²) in [5, 5.41) is 6.41. The van der Waals surface area contributed by atoms with Gasteiger partial charge in [-0.05, 0) is 31.9 Å². The van der Waals surface area contributed by atoms with Gasteiger partial charge in [-0.1, -0.05) is 0 Å². The van der Waals surface area contributed by atoms with Gasteiger partial charge in [0.05, 0.1) is 11.4 Å². The average molecular weight is 403 g/mol. The predicted molar refractivity (Wildman–Crippen MR) is 104 cm³/mol. The van der Waals surface area contributed by atoms with Crippen molar-refractivity contribution in [2.45, 2.75) is 25.8 Å². The molecule has 0 amide bonds. The van der Waals surface area contributed by atoms with E-state index in [0.29, 0.717) is 44.2 Å². The molecule has 0 radical (unpaired) electrons. The molecule has 27 heavy (non-hydrogen) atoms. The molecule has 1 heterocycles. The highest BCUT2D eigenvalue weighted by molar-refractivity contribution is 7.89. The van der Waals surface area contributed by atoms with Gasteiger partial charge >= 0.3 is 0 Å². The standard InChI is InChI=1S/C17H27F2N5O2S/c1-3-27(25,26)22-9-4-8-21-17(20-2)23-14-7-10-24(12-14)16-6-5-13(18)11-15(16)19/h5-6,11,14,22H,3-4,7-10,12H2,1-2H3,(H2,20,21,23). The first-order valence-electron chi connectivity index (χ1n) is 8.99. The summed E-state index contributed by atoms with van der Waals surface area (Å²) >= 11 is 0. The Morgan fingerprint density at radius 3 is 2.78 bits per heavy atom. The fraction of sp³-hybridized carbons (Fsp3) is 0.588. The summed E-state index contributed by atoms with van der Waals surface area (Å²) in [6.07, 6.45) is 1.42. The van der Waals surface area contributed by atoms with Gasteiger partial charge in [0, 0.05) is 45.3 Å². The summed E-state index contributed by atoms with van der Waals surface area (Å²) < 4.78 is 52.2. The number of nitrogens with one attached hydrogen (secondary N) is 3. The SMILES string of the molecule is CCS(=O)(=O)NCCCNC(=NC)NC1CCN(c2ccc(F)cc2F)C1. The number of aliphatic imine (C=N–C) groups is 1. The summed E-state index contributed by atoms with van der Waals surface area (Å²) in [5.41, 5.74) is 0.395. The third kappa shape index (κ3) is 6.62. The number of benzene rings is 1. The maximum Gasteiger partial charge on any atom is 0.211 e. The Bertz CT molecular complexity index is 758. The number of hydrogen-bond acceptors (Lipinski definition) is 4. The summed E-state index contributed by atoms with van der Waals surface area (Å²) in [4.78, 5) is 6.03. The molecule has 1 aliphatic heterocycles. The fourth-order valence-corrected chi connectivity index (χ4v) is 3.51. The van der Waals surface area contributed by atoms with E-state index in [1.54, 1.807) is 14.0 Å². The first-order chi connectivity index (χ1) is 12.8. The Hall–Kier alpha value is -1.94. The minimum absolute atomic E-state index is 0.0660. The minimum atomic E-state index is -3.17. The van der Waals surface area contributed by atoms with Gasteiger partial charge < -0.3 is 15.5 Å². The largest absolute Gasteiger partial charge is 0.367 e. The van der Waals surface area contributed by atoms with Crippen molar-refractivity contribution in [3.8, 4) is 0 Å². The summed E-state index contributed by atoms with van der Waals surface area (Å²) in [6, 6.07) is 3.69. The third-order valence-electron chi connectivity index (χ3n) is 4.35. The Morgan fingerprint density at radius 1 is 1.33 bits per heavy atom. The van der Waals surface area contributed by atoms with Crippen LogP contribution in [-0.4, -0.2) is 59.4 Å². The second kappa shape index (κ2) is 9.84. The summed E-state index contributed by atoms with van der Waals surface area (Å²) in [6.45, 7) is 3.76. The number of hydrogen-bond donors (Lipinski definition) is 3. The van der Waals surface area contributed by atoms with Gasteiger partial charge in [0.1, 0.15) is 11.6 Å². The molecule has 1 unspecified atom stereocenters. The van der Waals surface area contributed by atoms with Crippen LogP contribution in [-0.2, 0) is 10.0 Å². The molecule has 0 aromatic heterocycles. The predicted octanol–water partition coefficient (Wildman–Crippen LogP) is 1.04. The Kier molecular flexibility index (Phi) is 7.78. The van der Waals surface area contributed by atoms with E-state index < -0.39 is 21.7 Å². The normalized spacial score (nSPS) is 18.0. The molecule has 1 aromatic carbocycles. The Labute approximate surface area is 159 Å². The molecule has 1 atom stereocenters. The number of anilines is 1. The van der Waals surface area contributed by atoms with Gasteiger partial charge in [0.15, 0.2) is 5.96 Å². The average Bonchev–Trinajstić information content (AvgIpc) is 3.08. The van der Waals surface area contributed by atoms with E-state index in [-0.39, 0.29) is 11.8 Å². The molecule has 1 aromatic rings. The first kappa shape index (κ1) is 21.4. The number of nitrogens with zero attached hydrogens (tertiary/aromatic N) is 2. The number of sulfonamides is 1. The molecule has 1 aliphatic rings.